The van der Waals surface area contributed by atoms with Gasteiger partial charge in [0.25, 0.3) is 0 Å². The molecule has 23 heavy (non-hydrogen) atoms. The lowest BCUT2D eigenvalue weighted by Crippen LogP contribution is -1.84. The first-order valence-electron chi connectivity index (χ1n) is 7.31. The van der Waals surface area contributed by atoms with Gasteiger partial charge in [0.2, 0.25) is 5.89 Å². The summed E-state index contributed by atoms with van der Waals surface area (Å²) < 4.78 is 6.01. The number of benzene rings is 1. The number of pyridine rings is 2. The zero-order valence-corrected chi connectivity index (χ0v) is 12.3. The number of rotatable bonds is 3. The van der Waals surface area contributed by atoms with Crippen molar-refractivity contribution in [3.05, 3.63) is 79.1 Å². The van der Waals surface area contributed by atoms with Crippen molar-refractivity contribution in [3.63, 3.8) is 0 Å². The summed E-state index contributed by atoms with van der Waals surface area (Å²) in [7, 11) is 0. The van der Waals surface area contributed by atoms with E-state index in [0.29, 0.717) is 17.3 Å². The van der Waals surface area contributed by atoms with Gasteiger partial charge < -0.3 is 4.42 Å². The lowest BCUT2D eigenvalue weighted by Gasteiger charge is -1.99. The molecule has 0 radical (unpaired) electrons. The van der Waals surface area contributed by atoms with E-state index in [9.17, 15) is 0 Å². The van der Waals surface area contributed by atoms with Gasteiger partial charge in [-0.3, -0.25) is 9.97 Å². The fourth-order valence-corrected chi connectivity index (χ4v) is 2.38. The van der Waals surface area contributed by atoms with Crippen LogP contribution in [-0.4, -0.2) is 15.0 Å². The second-order valence-corrected chi connectivity index (χ2v) is 4.99. The van der Waals surface area contributed by atoms with E-state index >= 15 is 0 Å². The smallest absolute Gasteiger partial charge is 0.246 e. The number of hydrogen-bond donors (Lipinski definition) is 0. The Bertz CT molecular complexity index is 846. The third-order valence-electron chi connectivity index (χ3n) is 3.46. The third-order valence-corrected chi connectivity index (χ3v) is 3.46. The molecule has 0 saturated heterocycles. The van der Waals surface area contributed by atoms with E-state index in [1.807, 2.05) is 66.7 Å². The van der Waals surface area contributed by atoms with Crippen molar-refractivity contribution in [1.82, 2.24) is 15.0 Å². The van der Waals surface area contributed by atoms with Gasteiger partial charge in [0.15, 0.2) is 5.76 Å². The molecule has 4 heteroatoms. The van der Waals surface area contributed by atoms with Crippen LogP contribution in [0.3, 0.4) is 0 Å². The minimum Gasteiger partial charge on any atom is -0.432 e. The Morgan fingerprint density at radius 1 is 0.652 bits per heavy atom. The molecule has 3 aromatic heterocycles. The van der Waals surface area contributed by atoms with Crippen LogP contribution in [0, 0.1) is 0 Å². The molecule has 0 fully saturated rings. The molecule has 0 aliphatic carbocycles. The predicted molar refractivity (Wildman–Crippen MR) is 88.4 cm³/mol. The molecular formula is C19H13N3O. The summed E-state index contributed by atoms with van der Waals surface area (Å²) in [4.78, 5) is 13.4. The van der Waals surface area contributed by atoms with Gasteiger partial charge in [-0.05, 0) is 24.3 Å². The monoisotopic (exact) mass is 299 g/mol. The van der Waals surface area contributed by atoms with Gasteiger partial charge in [0.1, 0.15) is 17.1 Å². The predicted octanol–water partition coefficient (Wildman–Crippen LogP) is 4.47. The standard InChI is InChI=1S/C19H13N3O/c1-2-8-14(9-3-1)17-18(15-10-4-6-12-20-15)23-19(22-17)16-11-5-7-13-21-16/h1-13H. The Hall–Kier alpha value is -3.27. The first-order chi connectivity index (χ1) is 11.4. The van der Waals surface area contributed by atoms with Crippen molar-refractivity contribution < 1.29 is 4.42 Å². The zero-order valence-electron chi connectivity index (χ0n) is 12.3. The van der Waals surface area contributed by atoms with Crippen LogP contribution < -0.4 is 0 Å². The maximum atomic E-state index is 6.01. The quantitative estimate of drug-likeness (QED) is 0.560. The minimum atomic E-state index is 0.491. The SMILES string of the molecule is c1ccc(-c2nc(-c3ccccn3)oc2-c2ccccn2)cc1. The highest BCUT2D eigenvalue weighted by Gasteiger charge is 2.18. The highest BCUT2D eigenvalue weighted by molar-refractivity contribution is 5.76. The van der Waals surface area contributed by atoms with Crippen molar-refractivity contribution in [2.75, 3.05) is 0 Å². The average molecular weight is 299 g/mol. The average Bonchev–Trinajstić information content (AvgIpc) is 3.09. The summed E-state index contributed by atoms with van der Waals surface area (Å²) >= 11 is 0. The summed E-state index contributed by atoms with van der Waals surface area (Å²) in [5.41, 5.74) is 3.21. The molecule has 4 aromatic rings. The highest BCUT2D eigenvalue weighted by atomic mass is 16.4. The molecule has 110 valence electrons. The molecule has 0 aliphatic rings. The molecule has 0 aliphatic heterocycles. The number of aromatic nitrogens is 3. The fourth-order valence-electron chi connectivity index (χ4n) is 2.38. The van der Waals surface area contributed by atoms with Gasteiger partial charge in [0, 0.05) is 18.0 Å². The zero-order chi connectivity index (χ0) is 15.5. The van der Waals surface area contributed by atoms with E-state index < -0.39 is 0 Å². The van der Waals surface area contributed by atoms with Crippen molar-refractivity contribution in [2.45, 2.75) is 0 Å². The molecule has 0 bridgehead atoms. The molecule has 0 atom stereocenters. The molecule has 0 amide bonds. The van der Waals surface area contributed by atoms with E-state index in [-0.39, 0.29) is 0 Å². The van der Waals surface area contributed by atoms with Gasteiger partial charge in [0.05, 0.1) is 0 Å². The minimum absolute atomic E-state index is 0.491. The summed E-state index contributed by atoms with van der Waals surface area (Å²) in [6.45, 7) is 0. The van der Waals surface area contributed by atoms with Crippen molar-refractivity contribution in [2.24, 2.45) is 0 Å². The van der Waals surface area contributed by atoms with Gasteiger partial charge in [-0.1, -0.05) is 42.5 Å². The normalized spacial score (nSPS) is 10.6. The largest absolute Gasteiger partial charge is 0.432 e. The molecule has 1 aromatic carbocycles. The van der Waals surface area contributed by atoms with Crippen molar-refractivity contribution in [3.8, 4) is 34.3 Å². The molecule has 0 saturated carbocycles. The van der Waals surface area contributed by atoms with E-state index in [1.54, 1.807) is 12.4 Å². The fraction of sp³-hybridized carbons (Fsp3) is 0. The number of oxazole rings is 1. The lowest BCUT2D eigenvalue weighted by atomic mass is 10.1. The third kappa shape index (κ3) is 2.62. The Labute approximate surface area is 133 Å². The molecule has 4 rings (SSSR count). The summed E-state index contributed by atoms with van der Waals surface area (Å²) in [6.07, 6.45) is 3.47. The molecule has 4 nitrogen and oxygen atoms in total. The van der Waals surface area contributed by atoms with E-state index in [1.165, 1.54) is 0 Å². The maximum absolute atomic E-state index is 6.01. The first kappa shape index (κ1) is 13.4. The molecule has 0 unspecified atom stereocenters. The Balaban J connectivity index is 1.91. The molecule has 0 spiro atoms. The van der Waals surface area contributed by atoms with Crippen LogP contribution in [-0.2, 0) is 0 Å². The van der Waals surface area contributed by atoms with Crippen LogP contribution >= 0.6 is 0 Å². The first-order valence-corrected chi connectivity index (χ1v) is 7.31. The summed E-state index contributed by atoms with van der Waals surface area (Å²) in [5.74, 6) is 1.14. The highest BCUT2D eigenvalue weighted by Crippen LogP contribution is 2.34. The van der Waals surface area contributed by atoms with E-state index in [4.69, 9.17) is 4.42 Å². The summed E-state index contributed by atoms with van der Waals surface area (Å²) in [5, 5.41) is 0. The summed E-state index contributed by atoms with van der Waals surface area (Å²) in [6, 6.07) is 21.3. The topological polar surface area (TPSA) is 51.8 Å². The number of hydrogen-bond acceptors (Lipinski definition) is 4. The Morgan fingerprint density at radius 2 is 1.30 bits per heavy atom. The Kier molecular flexibility index (Phi) is 3.41. The van der Waals surface area contributed by atoms with Crippen LogP contribution in [0.25, 0.3) is 34.3 Å². The lowest BCUT2D eigenvalue weighted by molar-refractivity contribution is 0.584. The molecule has 3 heterocycles. The second kappa shape index (κ2) is 5.85. The van der Waals surface area contributed by atoms with Gasteiger partial charge in [-0.15, -0.1) is 0 Å². The van der Waals surface area contributed by atoms with Crippen molar-refractivity contribution in [1.29, 1.82) is 0 Å². The Morgan fingerprint density at radius 3 is 1.96 bits per heavy atom. The molecule has 0 N–H and O–H groups in total. The van der Waals surface area contributed by atoms with Crippen LogP contribution in [0.2, 0.25) is 0 Å². The van der Waals surface area contributed by atoms with E-state index in [2.05, 4.69) is 15.0 Å². The van der Waals surface area contributed by atoms with Crippen LogP contribution in [0.1, 0.15) is 0 Å². The van der Waals surface area contributed by atoms with Gasteiger partial charge in [-0.25, -0.2) is 4.98 Å². The van der Waals surface area contributed by atoms with Crippen LogP contribution in [0.15, 0.2) is 83.5 Å². The number of nitrogens with zero attached hydrogens (tertiary/aromatic N) is 3. The van der Waals surface area contributed by atoms with Crippen LogP contribution in [0.5, 0.6) is 0 Å². The molecular weight excluding hydrogens is 286 g/mol. The van der Waals surface area contributed by atoms with Gasteiger partial charge in [-0.2, -0.15) is 0 Å². The van der Waals surface area contributed by atoms with Crippen LogP contribution in [0.4, 0.5) is 0 Å². The van der Waals surface area contributed by atoms with E-state index in [0.717, 1.165) is 17.0 Å². The second-order valence-electron chi connectivity index (χ2n) is 4.99. The van der Waals surface area contributed by atoms with Crippen molar-refractivity contribution >= 4 is 0 Å². The van der Waals surface area contributed by atoms with Gasteiger partial charge >= 0.3 is 0 Å². The maximum Gasteiger partial charge on any atom is 0.246 e.